The fourth-order valence-corrected chi connectivity index (χ4v) is 2.15. The normalized spacial score (nSPS) is 12.7. The monoisotopic (exact) mass is 241 g/mol. The minimum Gasteiger partial charge on any atom is -0.491 e. The average Bonchev–Trinajstić information content (AvgIpc) is 2.98. The van der Waals surface area contributed by atoms with Crippen molar-refractivity contribution < 1.29 is 9.53 Å². The Kier molecular flexibility index (Phi) is 2.46. The van der Waals surface area contributed by atoms with Crippen molar-refractivity contribution in [2.75, 3.05) is 6.61 Å². The number of fused-ring (bicyclic) bond motifs is 1. The van der Waals surface area contributed by atoms with E-state index in [-0.39, 0.29) is 0 Å². The lowest BCUT2D eigenvalue weighted by Gasteiger charge is -2.08. The molecule has 5 nitrogen and oxygen atoms in total. The topological polar surface area (TPSA) is 57.0 Å². The van der Waals surface area contributed by atoms with E-state index in [1.807, 2.05) is 25.0 Å². The smallest absolute Gasteiger partial charge is 0.148 e. The summed E-state index contributed by atoms with van der Waals surface area (Å²) in [5.41, 5.74) is 2.74. The van der Waals surface area contributed by atoms with E-state index in [1.54, 1.807) is 11.0 Å². The van der Waals surface area contributed by atoms with Crippen LogP contribution in [-0.2, 0) is 11.2 Å². The van der Waals surface area contributed by atoms with Crippen LogP contribution in [0.5, 0.6) is 5.75 Å². The Morgan fingerprint density at radius 3 is 3.11 bits per heavy atom. The molecule has 0 fully saturated rings. The standard InChI is InChI=1S/C13H11N3O2/c1-9-14-8-16(15-9)12-3-2-10(4-6-17)11-5-7-18-13(11)12/h2-4,8H,5,7H2,1H3. The number of aromatic nitrogens is 3. The Morgan fingerprint density at radius 1 is 1.50 bits per heavy atom. The molecule has 1 aliphatic rings. The number of aryl methyl sites for hydroxylation is 1. The van der Waals surface area contributed by atoms with Crippen LogP contribution in [0.4, 0.5) is 0 Å². The number of nitrogens with zero attached hydrogens (tertiary/aromatic N) is 3. The highest BCUT2D eigenvalue weighted by Crippen LogP contribution is 2.34. The fourth-order valence-electron chi connectivity index (χ4n) is 2.15. The molecular formula is C13H11N3O2. The summed E-state index contributed by atoms with van der Waals surface area (Å²) in [5.74, 6) is 3.30. The Labute approximate surface area is 104 Å². The molecule has 5 heteroatoms. The molecule has 0 radical (unpaired) electrons. The number of benzene rings is 1. The van der Waals surface area contributed by atoms with Crippen LogP contribution in [0.1, 0.15) is 17.0 Å². The molecular weight excluding hydrogens is 230 g/mol. The Hall–Kier alpha value is -2.39. The molecule has 0 amide bonds. The van der Waals surface area contributed by atoms with E-state index < -0.39 is 0 Å². The zero-order chi connectivity index (χ0) is 12.5. The van der Waals surface area contributed by atoms with Gasteiger partial charge in [-0.25, -0.2) is 14.5 Å². The van der Waals surface area contributed by atoms with E-state index >= 15 is 0 Å². The number of ether oxygens (including phenoxy) is 1. The molecule has 0 saturated heterocycles. The lowest BCUT2D eigenvalue weighted by Crippen LogP contribution is -1.99. The first kappa shape index (κ1) is 10.7. The fraction of sp³-hybridized carbons (Fsp3) is 0.231. The van der Waals surface area contributed by atoms with Crippen molar-refractivity contribution in [3.8, 4) is 11.4 Å². The van der Waals surface area contributed by atoms with Crippen LogP contribution < -0.4 is 4.74 Å². The third-order valence-electron chi connectivity index (χ3n) is 2.94. The number of hydrogen-bond donors (Lipinski definition) is 0. The van der Waals surface area contributed by atoms with Gasteiger partial charge >= 0.3 is 0 Å². The molecule has 90 valence electrons. The molecule has 0 unspecified atom stereocenters. The Morgan fingerprint density at radius 2 is 2.39 bits per heavy atom. The van der Waals surface area contributed by atoms with Gasteiger partial charge in [-0.1, -0.05) is 6.07 Å². The molecule has 3 rings (SSSR count). The van der Waals surface area contributed by atoms with Crippen LogP contribution in [0.15, 0.2) is 18.5 Å². The van der Waals surface area contributed by atoms with E-state index in [0.717, 1.165) is 29.0 Å². The second-order valence-corrected chi connectivity index (χ2v) is 4.08. The quantitative estimate of drug-likeness (QED) is 0.745. The van der Waals surface area contributed by atoms with E-state index in [1.165, 1.54) is 6.08 Å². The highest BCUT2D eigenvalue weighted by atomic mass is 16.5. The second kappa shape index (κ2) is 4.13. The molecule has 18 heavy (non-hydrogen) atoms. The van der Waals surface area contributed by atoms with Gasteiger partial charge in [-0.2, -0.15) is 5.10 Å². The van der Waals surface area contributed by atoms with Crippen LogP contribution >= 0.6 is 0 Å². The van der Waals surface area contributed by atoms with Gasteiger partial charge in [0.05, 0.1) is 6.61 Å². The first-order valence-corrected chi connectivity index (χ1v) is 5.68. The summed E-state index contributed by atoms with van der Waals surface area (Å²) in [6.45, 7) is 2.46. The van der Waals surface area contributed by atoms with Gasteiger partial charge in [-0.05, 0) is 18.6 Å². The maximum Gasteiger partial charge on any atom is 0.148 e. The first-order chi connectivity index (χ1) is 8.79. The number of carbonyl (C=O) groups excluding carboxylic acids is 1. The molecule has 1 aromatic heterocycles. The third kappa shape index (κ3) is 1.61. The zero-order valence-corrected chi connectivity index (χ0v) is 9.88. The van der Waals surface area contributed by atoms with Crippen molar-refractivity contribution in [3.63, 3.8) is 0 Å². The largest absolute Gasteiger partial charge is 0.491 e. The minimum absolute atomic E-state index is 0.625. The summed E-state index contributed by atoms with van der Waals surface area (Å²) >= 11 is 0. The first-order valence-electron chi connectivity index (χ1n) is 5.68. The van der Waals surface area contributed by atoms with Gasteiger partial charge in [0.25, 0.3) is 0 Å². The van der Waals surface area contributed by atoms with Crippen molar-refractivity contribution in [1.29, 1.82) is 0 Å². The van der Waals surface area contributed by atoms with Crippen LogP contribution in [0, 0.1) is 6.92 Å². The van der Waals surface area contributed by atoms with Crippen molar-refractivity contribution in [2.45, 2.75) is 13.3 Å². The predicted octanol–water partition coefficient (Wildman–Crippen LogP) is 1.36. The molecule has 0 saturated carbocycles. The summed E-state index contributed by atoms with van der Waals surface area (Å²) in [6, 6.07) is 3.76. The van der Waals surface area contributed by atoms with E-state index in [9.17, 15) is 4.79 Å². The van der Waals surface area contributed by atoms with Gasteiger partial charge in [-0.15, -0.1) is 0 Å². The van der Waals surface area contributed by atoms with Crippen LogP contribution in [0.3, 0.4) is 0 Å². The molecule has 1 aliphatic heterocycles. The molecule has 0 atom stereocenters. The van der Waals surface area contributed by atoms with Crippen molar-refractivity contribution in [1.82, 2.24) is 14.8 Å². The van der Waals surface area contributed by atoms with Crippen LogP contribution in [0.2, 0.25) is 0 Å². The van der Waals surface area contributed by atoms with Crippen molar-refractivity contribution >= 4 is 12.0 Å². The van der Waals surface area contributed by atoms with Crippen molar-refractivity contribution in [2.24, 2.45) is 0 Å². The van der Waals surface area contributed by atoms with E-state index in [4.69, 9.17) is 4.74 Å². The minimum atomic E-state index is 0.625. The van der Waals surface area contributed by atoms with E-state index in [2.05, 4.69) is 10.1 Å². The molecule has 0 bridgehead atoms. The molecule has 2 aromatic rings. The Bertz CT molecular complexity index is 654. The van der Waals surface area contributed by atoms with Crippen LogP contribution in [0.25, 0.3) is 11.8 Å². The lowest BCUT2D eigenvalue weighted by atomic mass is 10.0. The highest BCUT2D eigenvalue weighted by molar-refractivity contribution is 5.78. The van der Waals surface area contributed by atoms with Gasteiger partial charge in [0.15, 0.2) is 0 Å². The summed E-state index contributed by atoms with van der Waals surface area (Å²) in [4.78, 5) is 14.6. The van der Waals surface area contributed by atoms with Crippen molar-refractivity contribution in [3.05, 3.63) is 35.4 Å². The number of hydrogen-bond acceptors (Lipinski definition) is 4. The van der Waals surface area contributed by atoms with E-state index in [0.29, 0.717) is 12.4 Å². The second-order valence-electron chi connectivity index (χ2n) is 4.08. The van der Waals surface area contributed by atoms with Gasteiger partial charge in [0.1, 0.15) is 29.5 Å². The predicted molar refractivity (Wildman–Crippen MR) is 65.5 cm³/mol. The lowest BCUT2D eigenvalue weighted by molar-refractivity contribution is 0.355. The van der Waals surface area contributed by atoms with Gasteiger partial charge in [-0.3, -0.25) is 0 Å². The zero-order valence-electron chi connectivity index (χ0n) is 9.88. The Balaban J connectivity index is 2.18. The van der Waals surface area contributed by atoms with Gasteiger partial charge in [0.2, 0.25) is 0 Å². The van der Waals surface area contributed by atoms with Crippen LogP contribution in [-0.4, -0.2) is 27.3 Å². The molecule has 0 N–H and O–H groups in total. The SMILES string of the molecule is Cc1ncn(-c2ccc(C=C=O)c3c2OCC3)n1. The maximum atomic E-state index is 10.5. The summed E-state index contributed by atoms with van der Waals surface area (Å²) in [7, 11) is 0. The summed E-state index contributed by atoms with van der Waals surface area (Å²) in [5, 5.41) is 4.27. The van der Waals surface area contributed by atoms with Gasteiger partial charge < -0.3 is 4.74 Å². The number of rotatable bonds is 2. The molecule has 0 spiro atoms. The maximum absolute atomic E-state index is 10.5. The third-order valence-corrected chi connectivity index (χ3v) is 2.94. The van der Waals surface area contributed by atoms with Gasteiger partial charge in [0, 0.05) is 18.1 Å². The molecule has 2 heterocycles. The average molecular weight is 241 g/mol. The summed E-state index contributed by atoms with van der Waals surface area (Å²) in [6.07, 6.45) is 3.89. The molecule has 0 aliphatic carbocycles. The molecule has 1 aromatic carbocycles. The highest BCUT2D eigenvalue weighted by Gasteiger charge is 2.20. The summed E-state index contributed by atoms with van der Waals surface area (Å²) < 4.78 is 7.33.